The number of aromatic nitrogens is 2. The van der Waals surface area contributed by atoms with E-state index in [1.165, 1.54) is 11.5 Å². The third-order valence-electron chi connectivity index (χ3n) is 3.46. The minimum absolute atomic E-state index is 0. The molecule has 23 heavy (non-hydrogen) atoms. The van der Waals surface area contributed by atoms with Crippen LogP contribution in [-0.2, 0) is 0 Å². The van der Waals surface area contributed by atoms with Crippen molar-refractivity contribution >= 4 is 23.9 Å². The second-order valence-electron chi connectivity index (χ2n) is 4.72. The fraction of sp³-hybridized carbons (Fsp3) is 0.125. The van der Waals surface area contributed by atoms with E-state index in [0.717, 1.165) is 21.6 Å². The Kier molecular flexibility index (Phi) is 4.36. The Bertz CT molecular complexity index is 823. The van der Waals surface area contributed by atoms with Gasteiger partial charge >= 0.3 is 0 Å². The van der Waals surface area contributed by atoms with Crippen molar-refractivity contribution in [3.05, 3.63) is 42.9 Å². The second kappa shape index (κ2) is 6.44. The van der Waals surface area contributed by atoms with Gasteiger partial charge in [-0.15, -0.1) is 12.4 Å². The van der Waals surface area contributed by atoms with Crippen LogP contribution >= 0.6 is 23.9 Å². The molecule has 1 aliphatic rings. The Morgan fingerprint density at radius 3 is 2.87 bits per heavy atom. The smallest absolute Gasteiger partial charge is 0.231 e. The van der Waals surface area contributed by atoms with Gasteiger partial charge in [0.2, 0.25) is 12.5 Å². The van der Waals surface area contributed by atoms with Crippen LogP contribution < -0.4 is 14.2 Å². The van der Waals surface area contributed by atoms with Crippen LogP contribution in [0.5, 0.6) is 17.2 Å². The van der Waals surface area contributed by atoms with Crippen molar-refractivity contribution in [2.45, 2.75) is 0 Å². The maximum absolute atomic E-state index is 5.49. The van der Waals surface area contributed by atoms with E-state index >= 15 is 0 Å². The number of nitrogens with zero attached hydrogens (tertiary/aromatic N) is 2. The summed E-state index contributed by atoms with van der Waals surface area (Å²) in [5, 5.41) is 0. The number of ether oxygens (including phenoxy) is 3. The van der Waals surface area contributed by atoms with E-state index in [-0.39, 0.29) is 19.2 Å². The molecule has 0 atom stereocenters. The fourth-order valence-corrected chi connectivity index (χ4v) is 3.19. The minimum atomic E-state index is 0. The molecule has 3 heterocycles. The van der Waals surface area contributed by atoms with E-state index in [4.69, 9.17) is 14.2 Å². The molecule has 0 N–H and O–H groups in total. The summed E-state index contributed by atoms with van der Waals surface area (Å²) in [4.78, 5) is 5.22. The minimum Gasteiger partial charge on any atom is -0.493 e. The number of fused-ring (bicyclic) bond motifs is 1. The molecule has 0 radical (unpaired) electrons. The van der Waals surface area contributed by atoms with Crippen LogP contribution in [0.25, 0.3) is 21.6 Å². The number of pyridine rings is 1. The molecular formula is C16H13ClN2O3S. The molecule has 4 rings (SSSR count). The molecule has 1 aromatic carbocycles. The van der Waals surface area contributed by atoms with Crippen LogP contribution in [0.4, 0.5) is 0 Å². The van der Waals surface area contributed by atoms with Crippen molar-refractivity contribution in [1.29, 1.82) is 0 Å². The lowest BCUT2D eigenvalue weighted by molar-refractivity contribution is 0.171. The molecular weight excluding hydrogens is 336 g/mol. The predicted octanol–water partition coefficient (Wildman–Crippen LogP) is 4.03. The predicted molar refractivity (Wildman–Crippen MR) is 90.7 cm³/mol. The van der Waals surface area contributed by atoms with Crippen molar-refractivity contribution in [3.63, 3.8) is 0 Å². The van der Waals surface area contributed by atoms with Crippen molar-refractivity contribution in [2.75, 3.05) is 13.9 Å². The van der Waals surface area contributed by atoms with Crippen molar-refractivity contribution in [3.8, 4) is 38.8 Å². The number of rotatable bonds is 3. The zero-order valence-electron chi connectivity index (χ0n) is 12.2. The van der Waals surface area contributed by atoms with E-state index in [2.05, 4.69) is 9.36 Å². The van der Waals surface area contributed by atoms with Gasteiger partial charge < -0.3 is 14.2 Å². The zero-order valence-corrected chi connectivity index (χ0v) is 13.8. The van der Waals surface area contributed by atoms with Gasteiger partial charge in [-0.2, -0.15) is 4.37 Å². The standard InChI is InChI=1S/C16H12N2O3S.ClH/c1-19-13-5-11(6-14-15(13)21-9-20-14)16-12(8-18-22-16)10-3-2-4-17-7-10;/h2-8H,9H2,1H3;1H. The van der Waals surface area contributed by atoms with Gasteiger partial charge in [0.1, 0.15) is 0 Å². The summed E-state index contributed by atoms with van der Waals surface area (Å²) in [6.45, 7) is 0.216. The molecule has 0 bridgehead atoms. The van der Waals surface area contributed by atoms with Gasteiger partial charge in [0.25, 0.3) is 0 Å². The van der Waals surface area contributed by atoms with Crippen molar-refractivity contribution < 1.29 is 14.2 Å². The highest BCUT2D eigenvalue weighted by atomic mass is 35.5. The number of halogens is 1. The van der Waals surface area contributed by atoms with Crippen LogP contribution in [0, 0.1) is 0 Å². The van der Waals surface area contributed by atoms with Gasteiger partial charge in [-0.1, -0.05) is 6.07 Å². The average molecular weight is 349 g/mol. The van der Waals surface area contributed by atoms with Crippen molar-refractivity contribution in [2.24, 2.45) is 0 Å². The molecule has 7 heteroatoms. The van der Waals surface area contributed by atoms with Gasteiger partial charge in [0, 0.05) is 35.3 Å². The molecule has 0 unspecified atom stereocenters. The van der Waals surface area contributed by atoms with E-state index in [9.17, 15) is 0 Å². The lowest BCUT2D eigenvalue weighted by Gasteiger charge is -2.08. The van der Waals surface area contributed by atoms with E-state index in [1.807, 2.05) is 36.7 Å². The van der Waals surface area contributed by atoms with Crippen LogP contribution in [0.3, 0.4) is 0 Å². The molecule has 0 amide bonds. The highest BCUT2D eigenvalue weighted by Gasteiger charge is 2.22. The summed E-state index contributed by atoms with van der Waals surface area (Å²) in [7, 11) is 1.62. The third-order valence-corrected chi connectivity index (χ3v) is 4.31. The second-order valence-corrected chi connectivity index (χ2v) is 5.52. The highest BCUT2D eigenvalue weighted by Crippen LogP contribution is 2.46. The van der Waals surface area contributed by atoms with E-state index in [1.54, 1.807) is 13.3 Å². The van der Waals surface area contributed by atoms with E-state index < -0.39 is 0 Å². The Morgan fingerprint density at radius 1 is 1.17 bits per heavy atom. The van der Waals surface area contributed by atoms with Crippen LogP contribution in [0.1, 0.15) is 0 Å². The molecule has 0 saturated heterocycles. The molecule has 0 spiro atoms. The first kappa shape index (κ1) is 15.6. The number of hydrogen-bond acceptors (Lipinski definition) is 6. The first-order valence-electron chi connectivity index (χ1n) is 6.70. The Morgan fingerprint density at radius 2 is 2.09 bits per heavy atom. The van der Waals surface area contributed by atoms with Gasteiger partial charge in [-0.3, -0.25) is 4.98 Å². The number of hydrogen-bond donors (Lipinski definition) is 0. The van der Waals surface area contributed by atoms with Gasteiger partial charge in [-0.25, -0.2) is 0 Å². The molecule has 1 aliphatic heterocycles. The summed E-state index contributed by atoms with van der Waals surface area (Å²) in [6, 6.07) is 7.83. The lowest BCUT2D eigenvalue weighted by Crippen LogP contribution is -1.93. The first-order chi connectivity index (χ1) is 10.9. The number of benzene rings is 1. The van der Waals surface area contributed by atoms with Crippen LogP contribution in [-0.4, -0.2) is 23.3 Å². The topological polar surface area (TPSA) is 53.5 Å². The van der Waals surface area contributed by atoms with E-state index in [0.29, 0.717) is 17.2 Å². The molecule has 0 fully saturated rings. The van der Waals surface area contributed by atoms with Crippen molar-refractivity contribution in [1.82, 2.24) is 9.36 Å². The largest absolute Gasteiger partial charge is 0.493 e. The maximum Gasteiger partial charge on any atom is 0.231 e. The van der Waals surface area contributed by atoms with Gasteiger partial charge in [0.05, 0.1) is 12.0 Å². The number of methoxy groups -OCH3 is 1. The normalized spacial score (nSPS) is 11.9. The average Bonchev–Trinajstić information content (AvgIpc) is 3.23. The molecule has 0 aliphatic carbocycles. The molecule has 5 nitrogen and oxygen atoms in total. The quantitative estimate of drug-likeness (QED) is 0.715. The summed E-state index contributed by atoms with van der Waals surface area (Å²) in [5.74, 6) is 2.01. The first-order valence-corrected chi connectivity index (χ1v) is 7.47. The van der Waals surface area contributed by atoms with Gasteiger partial charge in [0.15, 0.2) is 11.5 Å². The Hall–Kier alpha value is -2.31. The Labute approximate surface area is 143 Å². The van der Waals surface area contributed by atoms with Crippen LogP contribution in [0.2, 0.25) is 0 Å². The highest BCUT2D eigenvalue weighted by molar-refractivity contribution is 7.10. The summed E-state index contributed by atoms with van der Waals surface area (Å²) < 4.78 is 20.7. The molecule has 118 valence electrons. The molecule has 0 saturated carbocycles. The molecule has 3 aromatic rings. The molecule has 2 aromatic heterocycles. The monoisotopic (exact) mass is 348 g/mol. The fourth-order valence-electron chi connectivity index (χ4n) is 2.44. The third kappa shape index (κ3) is 2.71. The van der Waals surface area contributed by atoms with Gasteiger partial charge in [-0.05, 0) is 29.7 Å². The summed E-state index contributed by atoms with van der Waals surface area (Å²) in [6.07, 6.45) is 5.44. The Balaban J connectivity index is 0.00000156. The van der Waals surface area contributed by atoms with Crippen LogP contribution in [0.15, 0.2) is 42.9 Å². The SMILES string of the molecule is COc1cc(-c2sncc2-c2cccnc2)cc2c1OCO2.Cl. The maximum atomic E-state index is 5.49. The lowest BCUT2D eigenvalue weighted by atomic mass is 10.0. The summed E-state index contributed by atoms with van der Waals surface area (Å²) >= 11 is 1.43. The zero-order chi connectivity index (χ0) is 14.9. The summed E-state index contributed by atoms with van der Waals surface area (Å²) in [5.41, 5.74) is 3.06.